The Bertz CT molecular complexity index is 522. The molecule has 3 N–H and O–H groups in total. The fraction of sp³-hybridized carbons (Fsp3) is 0.500. The number of nitrogens with one attached hydrogen (secondary N) is 1. The van der Waals surface area contributed by atoms with Crippen LogP contribution in [0.4, 0.5) is 0 Å². The summed E-state index contributed by atoms with van der Waals surface area (Å²) in [6.45, 7) is 1.63. The Labute approximate surface area is 124 Å². The lowest BCUT2D eigenvalue weighted by Crippen LogP contribution is -2.28. The maximum absolute atomic E-state index is 12.0. The Hall–Kier alpha value is -0.700. The van der Waals surface area contributed by atoms with Crippen molar-refractivity contribution in [1.29, 1.82) is 0 Å². The van der Waals surface area contributed by atoms with E-state index in [4.69, 9.17) is 26.8 Å². The van der Waals surface area contributed by atoms with Crippen LogP contribution in [0.1, 0.15) is 5.56 Å². The van der Waals surface area contributed by atoms with Gasteiger partial charge in [0, 0.05) is 20.2 Å². The molecular weight excluding hydrogens is 304 g/mol. The van der Waals surface area contributed by atoms with Crippen molar-refractivity contribution in [2.75, 3.05) is 33.5 Å². The molecule has 0 radical (unpaired) electrons. The van der Waals surface area contributed by atoms with E-state index in [1.54, 1.807) is 19.2 Å². The van der Waals surface area contributed by atoms with Crippen LogP contribution in [0.2, 0.25) is 5.02 Å². The first kappa shape index (κ1) is 17.4. The van der Waals surface area contributed by atoms with Crippen molar-refractivity contribution in [3.8, 4) is 0 Å². The molecule has 20 heavy (non-hydrogen) atoms. The highest BCUT2D eigenvalue weighted by Crippen LogP contribution is 2.22. The smallest absolute Gasteiger partial charge is 0.242 e. The van der Waals surface area contributed by atoms with Gasteiger partial charge in [-0.2, -0.15) is 0 Å². The van der Waals surface area contributed by atoms with Crippen LogP contribution < -0.4 is 10.5 Å². The average molecular weight is 323 g/mol. The predicted molar refractivity (Wildman–Crippen MR) is 77.2 cm³/mol. The lowest BCUT2D eigenvalue weighted by molar-refractivity contribution is 0.0736. The summed E-state index contributed by atoms with van der Waals surface area (Å²) in [4.78, 5) is 0.0354. The highest BCUT2D eigenvalue weighted by molar-refractivity contribution is 7.89. The molecule has 1 rings (SSSR count). The van der Waals surface area contributed by atoms with Crippen molar-refractivity contribution in [2.45, 2.75) is 11.4 Å². The number of nitrogens with two attached hydrogens (primary N) is 1. The van der Waals surface area contributed by atoms with Crippen LogP contribution in [0, 0.1) is 0 Å². The van der Waals surface area contributed by atoms with E-state index in [2.05, 4.69) is 4.72 Å². The Balaban J connectivity index is 2.56. The molecule has 0 aliphatic carbocycles. The van der Waals surface area contributed by atoms with Crippen molar-refractivity contribution in [2.24, 2.45) is 5.73 Å². The highest BCUT2D eigenvalue weighted by atomic mass is 35.5. The molecule has 0 saturated heterocycles. The Morgan fingerprint density at radius 1 is 1.30 bits per heavy atom. The number of hydrogen-bond donors (Lipinski definition) is 2. The highest BCUT2D eigenvalue weighted by Gasteiger charge is 2.17. The molecule has 8 heteroatoms. The molecule has 0 aliphatic rings. The lowest BCUT2D eigenvalue weighted by Gasteiger charge is -2.09. The molecule has 0 bridgehead atoms. The molecule has 0 spiro atoms. The van der Waals surface area contributed by atoms with Crippen LogP contribution >= 0.6 is 11.6 Å². The zero-order valence-electron chi connectivity index (χ0n) is 11.3. The van der Waals surface area contributed by atoms with Crippen LogP contribution in [0.3, 0.4) is 0 Å². The second-order valence-electron chi connectivity index (χ2n) is 3.97. The number of sulfonamides is 1. The Kier molecular flexibility index (Phi) is 7.42. The first-order chi connectivity index (χ1) is 9.51. The minimum Gasteiger partial charge on any atom is -0.382 e. The van der Waals surface area contributed by atoms with Gasteiger partial charge in [-0.05, 0) is 17.7 Å². The van der Waals surface area contributed by atoms with Gasteiger partial charge in [-0.1, -0.05) is 17.7 Å². The number of halogens is 1. The molecule has 6 nitrogen and oxygen atoms in total. The molecule has 0 aliphatic heterocycles. The van der Waals surface area contributed by atoms with Crippen molar-refractivity contribution in [1.82, 2.24) is 4.72 Å². The summed E-state index contributed by atoms with van der Waals surface area (Å²) in [5.74, 6) is 0. The topological polar surface area (TPSA) is 90.6 Å². The summed E-state index contributed by atoms with van der Waals surface area (Å²) in [6, 6.07) is 4.62. The normalized spacial score (nSPS) is 11.8. The second kappa shape index (κ2) is 8.56. The first-order valence-electron chi connectivity index (χ1n) is 6.06. The van der Waals surface area contributed by atoms with E-state index in [9.17, 15) is 8.42 Å². The van der Waals surface area contributed by atoms with Crippen LogP contribution in [0.5, 0.6) is 0 Å². The number of benzene rings is 1. The van der Waals surface area contributed by atoms with Crippen molar-refractivity contribution >= 4 is 21.6 Å². The van der Waals surface area contributed by atoms with Gasteiger partial charge in [0.15, 0.2) is 0 Å². The standard InChI is InChI=1S/C12H19ClN2O4S/c1-18-6-7-19-5-4-15-20(16,17)12-3-2-10(9-14)8-11(12)13/h2-3,8,15H,4-7,9,14H2,1H3. The second-order valence-corrected chi connectivity index (χ2v) is 6.11. The van der Waals surface area contributed by atoms with E-state index < -0.39 is 10.0 Å². The van der Waals surface area contributed by atoms with Crippen LogP contribution in [-0.2, 0) is 26.0 Å². The number of hydrogen-bond acceptors (Lipinski definition) is 5. The number of ether oxygens (including phenoxy) is 2. The summed E-state index contributed by atoms with van der Waals surface area (Å²) in [5.41, 5.74) is 6.24. The molecule has 0 unspecified atom stereocenters. The molecule has 0 aromatic heterocycles. The third-order valence-electron chi connectivity index (χ3n) is 2.49. The van der Waals surface area contributed by atoms with Gasteiger partial charge < -0.3 is 15.2 Å². The largest absolute Gasteiger partial charge is 0.382 e. The van der Waals surface area contributed by atoms with Crippen molar-refractivity contribution in [3.05, 3.63) is 28.8 Å². The maximum atomic E-state index is 12.0. The molecule has 0 fully saturated rings. The van der Waals surface area contributed by atoms with E-state index in [1.807, 2.05) is 0 Å². The third-order valence-corrected chi connectivity index (χ3v) is 4.44. The minimum absolute atomic E-state index is 0.0354. The van der Waals surface area contributed by atoms with Crippen molar-refractivity contribution < 1.29 is 17.9 Å². The lowest BCUT2D eigenvalue weighted by atomic mass is 10.2. The molecule has 0 heterocycles. The van der Waals surface area contributed by atoms with Crippen LogP contribution in [0.25, 0.3) is 0 Å². The van der Waals surface area contributed by atoms with Gasteiger partial charge >= 0.3 is 0 Å². The fourth-order valence-corrected chi connectivity index (χ4v) is 3.04. The zero-order valence-corrected chi connectivity index (χ0v) is 12.8. The number of rotatable bonds is 9. The molecule has 0 amide bonds. The average Bonchev–Trinajstić information content (AvgIpc) is 2.42. The summed E-state index contributed by atoms with van der Waals surface area (Å²) in [5, 5.41) is 0.153. The quantitative estimate of drug-likeness (QED) is 0.654. The van der Waals surface area contributed by atoms with E-state index in [0.29, 0.717) is 19.8 Å². The molecule has 1 aromatic carbocycles. The van der Waals surface area contributed by atoms with Crippen LogP contribution in [0.15, 0.2) is 23.1 Å². The third kappa shape index (κ3) is 5.35. The molecular formula is C12H19ClN2O4S. The fourth-order valence-electron chi connectivity index (χ4n) is 1.46. The van der Waals surface area contributed by atoms with E-state index in [1.165, 1.54) is 6.07 Å². The number of methoxy groups -OCH3 is 1. The van der Waals surface area contributed by atoms with Crippen LogP contribution in [-0.4, -0.2) is 41.9 Å². The first-order valence-corrected chi connectivity index (χ1v) is 7.92. The summed E-state index contributed by atoms with van der Waals surface area (Å²) >= 11 is 5.95. The minimum atomic E-state index is -3.64. The van der Waals surface area contributed by atoms with Gasteiger partial charge in [0.25, 0.3) is 0 Å². The molecule has 114 valence electrons. The van der Waals surface area contributed by atoms with Gasteiger partial charge in [0.05, 0.1) is 24.8 Å². The maximum Gasteiger partial charge on any atom is 0.242 e. The molecule has 1 aromatic rings. The van der Waals surface area contributed by atoms with E-state index in [0.717, 1.165) is 5.56 Å². The summed E-state index contributed by atoms with van der Waals surface area (Å²) in [7, 11) is -2.07. The van der Waals surface area contributed by atoms with E-state index >= 15 is 0 Å². The Morgan fingerprint density at radius 2 is 2.05 bits per heavy atom. The van der Waals surface area contributed by atoms with Gasteiger partial charge in [0.2, 0.25) is 10.0 Å². The summed E-state index contributed by atoms with van der Waals surface area (Å²) < 4.78 is 36.5. The summed E-state index contributed by atoms with van der Waals surface area (Å²) in [6.07, 6.45) is 0. The Morgan fingerprint density at radius 3 is 2.65 bits per heavy atom. The van der Waals surface area contributed by atoms with Crippen molar-refractivity contribution in [3.63, 3.8) is 0 Å². The van der Waals surface area contributed by atoms with Gasteiger partial charge in [-0.15, -0.1) is 0 Å². The van der Waals surface area contributed by atoms with Gasteiger partial charge in [-0.3, -0.25) is 0 Å². The van der Waals surface area contributed by atoms with Gasteiger partial charge in [-0.25, -0.2) is 13.1 Å². The monoisotopic (exact) mass is 322 g/mol. The zero-order chi connectivity index (χ0) is 15.0. The SMILES string of the molecule is COCCOCCNS(=O)(=O)c1ccc(CN)cc1Cl. The molecule has 0 atom stereocenters. The van der Waals surface area contributed by atoms with E-state index in [-0.39, 0.29) is 23.1 Å². The van der Waals surface area contributed by atoms with Gasteiger partial charge in [0.1, 0.15) is 4.90 Å². The predicted octanol–water partition coefficient (Wildman–Crippen LogP) is 0.740. The molecule has 0 saturated carbocycles.